The minimum absolute atomic E-state index is 0.0220. The Morgan fingerprint density at radius 3 is 2.56 bits per heavy atom. The van der Waals surface area contributed by atoms with E-state index in [4.69, 9.17) is 4.52 Å². The highest BCUT2D eigenvalue weighted by Crippen LogP contribution is 2.31. The smallest absolute Gasteiger partial charge is 0.232 e. The monoisotopic (exact) mass is 481 g/mol. The van der Waals surface area contributed by atoms with Crippen LogP contribution in [0.1, 0.15) is 55.3 Å². The second kappa shape index (κ2) is 10.2. The number of aromatic nitrogens is 2. The fourth-order valence-corrected chi connectivity index (χ4v) is 5.47. The van der Waals surface area contributed by atoms with Gasteiger partial charge in [0.15, 0.2) is 5.78 Å². The van der Waals surface area contributed by atoms with Crippen LogP contribution in [-0.4, -0.2) is 50.5 Å². The fourth-order valence-electron chi connectivity index (χ4n) is 4.66. The second-order valence-corrected chi connectivity index (χ2v) is 10.3. The molecule has 1 amide bonds. The van der Waals surface area contributed by atoms with Gasteiger partial charge in [-0.2, -0.15) is 0 Å². The van der Waals surface area contributed by atoms with Gasteiger partial charge in [0.2, 0.25) is 5.91 Å². The van der Waals surface area contributed by atoms with Crippen LogP contribution >= 0.6 is 11.3 Å². The van der Waals surface area contributed by atoms with E-state index >= 15 is 0 Å². The number of carbonyl (C=O) groups excluding carboxylic acids is 2. The van der Waals surface area contributed by atoms with E-state index in [-0.39, 0.29) is 30.6 Å². The highest BCUT2D eigenvalue weighted by atomic mass is 32.1. The summed E-state index contributed by atoms with van der Waals surface area (Å²) in [5.41, 5.74) is 5.61. The van der Waals surface area contributed by atoms with Crippen molar-refractivity contribution in [2.24, 2.45) is 5.92 Å². The Hall–Kier alpha value is -2.84. The molecule has 1 aromatic carbocycles. The van der Waals surface area contributed by atoms with Gasteiger partial charge in [0.1, 0.15) is 5.76 Å². The summed E-state index contributed by atoms with van der Waals surface area (Å²) in [6.45, 7) is 7.85. The third kappa shape index (κ3) is 5.13. The number of benzene rings is 1. The largest absolute Gasteiger partial charge is 0.391 e. The lowest BCUT2D eigenvalue weighted by Gasteiger charge is -2.29. The summed E-state index contributed by atoms with van der Waals surface area (Å²) in [6.07, 6.45) is 0.476. The highest BCUT2D eigenvalue weighted by Gasteiger charge is 2.42. The molecule has 0 radical (unpaired) electrons. The molecule has 0 aliphatic carbocycles. The van der Waals surface area contributed by atoms with E-state index in [1.165, 1.54) is 0 Å². The van der Waals surface area contributed by atoms with Crippen molar-refractivity contribution in [3.63, 3.8) is 0 Å². The normalized spacial score (nSPS) is 19.1. The number of nitrogens with zero attached hydrogens (tertiary/aromatic N) is 3. The van der Waals surface area contributed by atoms with Crippen molar-refractivity contribution in [1.29, 1.82) is 0 Å². The summed E-state index contributed by atoms with van der Waals surface area (Å²) in [5, 5.41) is 14.4. The molecule has 1 N–H and O–H groups in total. The van der Waals surface area contributed by atoms with Gasteiger partial charge in [-0.15, -0.1) is 11.3 Å². The first-order valence-corrected chi connectivity index (χ1v) is 12.6. The number of carbonyl (C=O) groups is 2. The maximum absolute atomic E-state index is 13.5. The summed E-state index contributed by atoms with van der Waals surface area (Å²) < 4.78 is 5.19. The first-order chi connectivity index (χ1) is 16.2. The number of Topliss-reactive ketones (excluding diaryl/α,β-unsaturated/α-hetero) is 1. The maximum atomic E-state index is 13.5. The van der Waals surface area contributed by atoms with E-state index in [9.17, 15) is 14.7 Å². The van der Waals surface area contributed by atoms with Crippen LogP contribution in [0.3, 0.4) is 0 Å². The van der Waals surface area contributed by atoms with Crippen molar-refractivity contribution in [1.82, 2.24) is 15.0 Å². The summed E-state index contributed by atoms with van der Waals surface area (Å²) >= 11 is 1.61. The Kier molecular flexibility index (Phi) is 7.28. The molecule has 3 aromatic rings. The van der Waals surface area contributed by atoms with Crippen molar-refractivity contribution < 1.29 is 19.2 Å². The van der Waals surface area contributed by atoms with Gasteiger partial charge in [-0.1, -0.05) is 43.3 Å². The van der Waals surface area contributed by atoms with E-state index < -0.39 is 18.1 Å². The number of hydrogen-bond donors (Lipinski definition) is 1. The van der Waals surface area contributed by atoms with Gasteiger partial charge >= 0.3 is 0 Å². The van der Waals surface area contributed by atoms with Crippen molar-refractivity contribution >= 4 is 23.0 Å². The van der Waals surface area contributed by atoms with Gasteiger partial charge in [-0.05, 0) is 37.3 Å². The Bertz CT molecular complexity index is 1150. The molecular formula is C26H31N3O4S. The third-order valence-corrected chi connectivity index (χ3v) is 7.43. The van der Waals surface area contributed by atoms with Gasteiger partial charge in [-0.25, -0.2) is 4.98 Å². The van der Waals surface area contributed by atoms with Crippen LogP contribution < -0.4 is 0 Å². The SMILES string of the molecule is Cc1cc([C@H](C(=O)N2C[C@H](O)C[C@H]2C(=O)CCc2ccc(-c3scnc3C)cc2)C(C)C)no1. The minimum atomic E-state index is -0.702. The van der Waals surface area contributed by atoms with Crippen molar-refractivity contribution in [3.05, 3.63) is 58.6 Å². The zero-order chi connectivity index (χ0) is 24.4. The predicted molar refractivity (Wildman–Crippen MR) is 131 cm³/mol. The summed E-state index contributed by atoms with van der Waals surface area (Å²) in [7, 11) is 0. The molecule has 0 spiro atoms. The van der Waals surface area contributed by atoms with E-state index in [1.807, 2.05) is 38.4 Å². The lowest BCUT2D eigenvalue weighted by Crippen LogP contribution is -2.44. The zero-order valence-corrected chi connectivity index (χ0v) is 20.8. The van der Waals surface area contributed by atoms with Gasteiger partial charge in [0.25, 0.3) is 0 Å². The Balaban J connectivity index is 1.43. The van der Waals surface area contributed by atoms with E-state index in [0.717, 1.165) is 21.7 Å². The zero-order valence-electron chi connectivity index (χ0n) is 20.0. The molecule has 1 saturated heterocycles. The van der Waals surface area contributed by atoms with Crippen LogP contribution in [0.2, 0.25) is 0 Å². The number of rotatable bonds is 8. The molecular weight excluding hydrogens is 450 g/mol. The number of aliphatic hydroxyl groups is 1. The number of thiazole rings is 1. The van der Waals surface area contributed by atoms with Gasteiger partial charge < -0.3 is 14.5 Å². The molecule has 7 nitrogen and oxygen atoms in total. The molecule has 3 atom stereocenters. The lowest BCUT2D eigenvalue weighted by atomic mass is 9.90. The van der Waals surface area contributed by atoms with Crippen LogP contribution in [0.25, 0.3) is 10.4 Å². The van der Waals surface area contributed by atoms with Crippen LogP contribution in [-0.2, 0) is 16.0 Å². The van der Waals surface area contributed by atoms with E-state index in [2.05, 4.69) is 22.3 Å². The number of hydrogen-bond acceptors (Lipinski definition) is 7. The molecule has 2 aromatic heterocycles. The predicted octanol–water partition coefficient (Wildman–Crippen LogP) is 4.32. The molecule has 180 valence electrons. The minimum Gasteiger partial charge on any atom is -0.391 e. The van der Waals surface area contributed by atoms with Crippen LogP contribution in [0.15, 0.2) is 40.4 Å². The average Bonchev–Trinajstić information content (AvgIpc) is 3.52. The lowest BCUT2D eigenvalue weighted by molar-refractivity contribution is -0.139. The molecule has 3 heterocycles. The standard InChI is InChI=1S/C26H31N3O4S/c1-15(2)24(21-11-16(3)33-28-21)26(32)29-13-20(30)12-22(29)23(31)10-7-18-5-8-19(9-6-18)25-17(4)27-14-34-25/h5-6,8-9,11,14-15,20,22,24,30H,7,10,12-13H2,1-4H3/t20-,22+,24-/m1/s1. The molecule has 1 aliphatic heterocycles. The van der Waals surface area contributed by atoms with E-state index in [0.29, 0.717) is 24.3 Å². The first-order valence-electron chi connectivity index (χ1n) is 11.7. The fraction of sp³-hybridized carbons (Fsp3) is 0.462. The van der Waals surface area contributed by atoms with Crippen molar-refractivity contribution in [2.45, 2.75) is 65.0 Å². The van der Waals surface area contributed by atoms with E-state index in [1.54, 1.807) is 29.2 Å². The molecule has 34 heavy (non-hydrogen) atoms. The Morgan fingerprint density at radius 2 is 1.97 bits per heavy atom. The van der Waals surface area contributed by atoms with Crippen molar-refractivity contribution in [3.8, 4) is 10.4 Å². The summed E-state index contributed by atoms with van der Waals surface area (Å²) in [4.78, 5) is 33.7. The summed E-state index contributed by atoms with van der Waals surface area (Å²) in [6, 6.07) is 9.34. The molecule has 0 unspecified atom stereocenters. The number of amides is 1. The molecule has 8 heteroatoms. The molecule has 1 fully saturated rings. The number of aryl methyl sites for hydroxylation is 3. The number of β-amino-alcohol motifs (C(OH)–C–C–N with tert-alkyl or cyclic N) is 1. The molecule has 1 aliphatic rings. The Labute approximate surface area is 203 Å². The number of ketones is 1. The topological polar surface area (TPSA) is 96.5 Å². The third-order valence-electron chi connectivity index (χ3n) is 6.45. The summed E-state index contributed by atoms with van der Waals surface area (Å²) in [5.74, 6) is -0.0976. The number of aliphatic hydroxyl groups excluding tert-OH is 1. The first kappa shape index (κ1) is 24.3. The quantitative estimate of drug-likeness (QED) is 0.515. The maximum Gasteiger partial charge on any atom is 0.232 e. The average molecular weight is 482 g/mol. The van der Waals surface area contributed by atoms with Crippen molar-refractivity contribution in [2.75, 3.05) is 6.54 Å². The molecule has 0 saturated carbocycles. The Morgan fingerprint density at radius 1 is 1.24 bits per heavy atom. The molecule has 0 bridgehead atoms. The highest BCUT2D eigenvalue weighted by molar-refractivity contribution is 7.13. The number of likely N-dealkylation sites (tertiary alicyclic amines) is 1. The molecule has 4 rings (SSSR count). The van der Waals surface area contributed by atoms with Gasteiger partial charge in [0.05, 0.1) is 39.8 Å². The van der Waals surface area contributed by atoms with Crippen LogP contribution in [0, 0.1) is 19.8 Å². The van der Waals surface area contributed by atoms with Gasteiger partial charge in [-0.3, -0.25) is 9.59 Å². The van der Waals surface area contributed by atoms with Crippen LogP contribution in [0.5, 0.6) is 0 Å². The second-order valence-electron chi connectivity index (χ2n) is 9.41. The van der Waals surface area contributed by atoms with Crippen LogP contribution in [0.4, 0.5) is 0 Å². The van der Waals surface area contributed by atoms with Gasteiger partial charge in [0, 0.05) is 25.5 Å².